The molecule has 0 aromatic heterocycles. The van der Waals surface area contributed by atoms with E-state index in [-0.39, 0.29) is 31.7 Å². The SMILES string of the molecule is CN(C)C(=O)N1CCC2(CC1)C(=O)N(CC(=O)NCc1cccc(C(F)(F)F)c1)CN2c1ccccc1. The number of benzene rings is 2. The van der Waals surface area contributed by atoms with Crippen molar-refractivity contribution in [2.75, 3.05) is 45.3 Å². The number of urea groups is 1. The smallest absolute Gasteiger partial charge is 0.350 e. The molecule has 2 aliphatic rings. The first kappa shape index (κ1) is 26.3. The fourth-order valence-corrected chi connectivity index (χ4v) is 4.96. The molecule has 11 heteroatoms. The molecule has 2 heterocycles. The Morgan fingerprint density at radius 3 is 2.32 bits per heavy atom. The predicted octanol–water partition coefficient (Wildman–Crippen LogP) is 3.14. The van der Waals surface area contributed by atoms with Crippen LogP contribution in [0.4, 0.5) is 23.7 Å². The first-order valence-electron chi connectivity index (χ1n) is 12.0. The number of nitrogens with zero attached hydrogens (tertiary/aromatic N) is 4. The van der Waals surface area contributed by atoms with Crippen LogP contribution in [0.1, 0.15) is 24.0 Å². The van der Waals surface area contributed by atoms with Gasteiger partial charge in [-0.2, -0.15) is 13.2 Å². The maximum Gasteiger partial charge on any atom is 0.416 e. The number of para-hydroxylation sites is 1. The topological polar surface area (TPSA) is 76.2 Å². The Morgan fingerprint density at radius 2 is 1.70 bits per heavy atom. The third-order valence-electron chi connectivity index (χ3n) is 6.90. The number of piperidine rings is 1. The van der Waals surface area contributed by atoms with Crippen LogP contribution < -0.4 is 10.2 Å². The van der Waals surface area contributed by atoms with Gasteiger partial charge in [0.05, 0.1) is 12.2 Å². The fraction of sp³-hybridized carbons (Fsp3) is 0.423. The molecule has 0 radical (unpaired) electrons. The van der Waals surface area contributed by atoms with Crippen LogP contribution in [0.25, 0.3) is 0 Å². The Morgan fingerprint density at radius 1 is 1.03 bits per heavy atom. The van der Waals surface area contributed by atoms with E-state index in [0.29, 0.717) is 31.5 Å². The van der Waals surface area contributed by atoms with Crippen molar-refractivity contribution in [3.05, 3.63) is 65.7 Å². The van der Waals surface area contributed by atoms with Gasteiger partial charge in [0.25, 0.3) is 5.91 Å². The van der Waals surface area contributed by atoms with Crippen molar-refractivity contribution >= 4 is 23.5 Å². The van der Waals surface area contributed by atoms with Gasteiger partial charge in [-0.25, -0.2) is 4.79 Å². The van der Waals surface area contributed by atoms with E-state index < -0.39 is 23.2 Å². The van der Waals surface area contributed by atoms with Gasteiger partial charge < -0.3 is 24.9 Å². The molecule has 2 aliphatic heterocycles. The summed E-state index contributed by atoms with van der Waals surface area (Å²) in [6.07, 6.45) is -3.63. The summed E-state index contributed by atoms with van der Waals surface area (Å²) in [7, 11) is 3.37. The second-order valence-electron chi connectivity index (χ2n) is 9.58. The number of anilines is 1. The minimum atomic E-state index is -4.47. The number of carbonyl (C=O) groups is 3. The van der Waals surface area contributed by atoms with Crippen molar-refractivity contribution < 1.29 is 27.6 Å². The number of carbonyl (C=O) groups excluding carboxylic acids is 3. The molecule has 0 atom stereocenters. The minimum absolute atomic E-state index is 0.0834. The van der Waals surface area contributed by atoms with Crippen molar-refractivity contribution in [1.29, 1.82) is 0 Å². The van der Waals surface area contributed by atoms with Crippen LogP contribution in [-0.4, -0.2) is 78.5 Å². The Balaban J connectivity index is 1.46. The van der Waals surface area contributed by atoms with Gasteiger partial charge in [0.15, 0.2) is 0 Å². The number of nitrogens with one attached hydrogen (secondary N) is 1. The van der Waals surface area contributed by atoms with Gasteiger partial charge in [-0.15, -0.1) is 0 Å². The highest BCUT2D eigenvalue weighted by atomic mass is 19.4. The highest BCUT2D eigenvalue weighted by Gasteiger charge is 2.54. The van der Waals surface area contributed by atoms with E-state index in [0.717, 1.165) is 17.8 Å². The van der Waals surface area contributed by atoms with E-state index in [2.05, 4.69) is 5.32 Å². The Kier molecular flexibility index (Phi) is 7.33. The predicted molar refractivity (Wildman–Crippen MR) is 131 cm³/mol. The summed E-state index contributed by atoms with van der Waals surface area (Å²) in [5, 5.41) is 2.63. The minimum Gasteiger partial charge on any atom is -0.350 e. The van der Waals surface area contributed by atoms with Gasteiger partial charge >= 0.3 is 12.2 Å². The number of halogens is 3. The zero-order valence-corrected chi connectivity index (χ0v) is 20.8. The summed E-state index contributed by atoms with van der Waals surface area (Å²) in [5.41, 5.74) is -0.508. The number of rotatable bonds is 5. The summed E-state index contributed by atoms with van der Waals surface area (Å²) >= 11 is 0. The number of likely N-dealkylation sites (tertiary alicyclic amines) is 1. The van der Waals surface area contributed by atoms with Crippen LogP contribution >= 0.6 is 0 Å². The number of alkyl halides is 3. The molecule has 1 spiro atoms. The van der Waals surface area contributed by atoms with Crippen LogP contribution in [0, 0.1) is 0 Å². The molecule has 4 amide bonds. The van der Waals surface area contributed by atoms with Gasteiger partial charge in [-0.3, -0.25) is 9.59 Å². The van der Waals surface area contributed by atoms with E-state index in [1.54, 1.807) is 19.0 Å². The molecule has 0 saturated carbocycles. The molecule has 0 aliphatic carbocycles. The molecule has 2 fully saturated rings. The lowest BCUT2D eigenvalue weighted by molar-refractivity contribution is -0.138. The third kappa shape index (κ3) is 5.50. The standard InChI is InChI=1S/C26H30F3N5O3/c1-31(2)24(37)32-13-11-25(12-14-32)23(36)33(18-34(25)21-9-4-3-5-10-21)17-22(35)30-16-19-7-6-8-20(15-19)26(27,28)29/h3-10,15H,11-14,16-18H2,1-2H3,(H,30,35). The van der Waals surface area contributed by atoms with Crippen molar-refractivity contribution in [3.8, 4) is 0 Å². The van der Waals surface area contributed by atoms with Crippen LogP contribution in [0.2, 0.25) is 0 Å². The lowest BCUT2D eigenvalue weighted by Crippen LogP contribution is -2.58. The van der Waals surface area contributed by atoms with Crippen LogP contribution in [0.3, 0.4) is 0 Å². The Hall–Kier alpha value is -3.76. The quantitative estimate of drug-likeness (QED) is 0.662. The molecule has 1 N–H and O–H groups in total. The average molecular weight is 518 g/mol. The molecular formula is C26H30F3N5O3. The molecule has 2 aromatic rings. The van der Waals surface area contributed by atoms with Gasteiger partial charge in [-0.05, 0) is 42.7 Å². The summed E-state index contributed by atoms with van der Waals surface area (Å²) < 4.78 is 38.9. The van der Waals surface area contributed by atoms with Crippen molar-refractivity contribution in [1.82, 2.24) is 20.0 Å². The largest absolute Gasteiger partial charge is 0.416 e. The first-order chi connectivity index (χ1) is 17.5. The normalized spacial score (nSPS) is 17.3. The van der Waals surface area contributed by atoms with Crippen LogP contribution in [0.5, 0.6) is 0 Å². The van der Waals surface area contributed by atoms with E-state index >= 15 is 0 Å². The van der Waals surface area contributed by atoms with Gasteiger partial charge in [0.1, 0.15) is 12.1 Å². The first-order valence-corrected chi connectivity index (χ1v) is 12.0. The molecule has 2 saturated heterocycles. The van der Waals surface area contributed by atoms with Gasteiger partial charge in [0.2, 0.25) is 5.91 Å². The molecule has 0 unspecified atom stereocenters. The second kappa shape index (κ2) is 10.3. The maximum absolute atomic E-state index is 13.7. The van der Waals surface area contributed by atoms with Crippen molar-refractivity contribution in [3.63, 3.8) is 0 Å². The highest BCUT2D eigenvalue weighted by molar-refractivity contribution is 5.96. The van der Waals surface area contributed by atoms with Crippen LogP contribution in [0.15, 0.2) is 54.6 Å². The van der Waals surface area contributed by atoms with Crippen molar-refractivity contribution in [2.24, 2.45) is 0 Å². The molecule has 8 nitrogen and oxygen atoms in total. The molecule has 2 aromatic carbocycles. The molecule has 4 rings (SSSR count). The summed E-state index contributed by atoms with van der Waals surface area (Å²) in [6, 6.07) is 14.1. The zero-order chi connectivity index (χ0) is 26.8. The fourth-order valence-electron chi connectivity index (χ4n) is 4.96. The van der Waals surface area contributed by atoms with E-state index in [9.17, 15) is 27.6 Å². The maximum atomic E-state index is 13.7. The summed E-state index contributed by atoms with van der Waals surface area (Å²) in [4.78, 5) is 45.6. The lowest BCUT2D eigenvalue weighted by atomic mass is 9.85. The molecule has 0 bridgehead atoms. The second-order valence-corrected chi connectivity index (χ2v) is 9.58. The number of hydrogen-bond donors (Lipinski definition) is 1. The van der Waals surface area contributed by atoms with Gasteiger partial charge in [-0.1, -0.05) is 30.3 Å². The molecule has 198 valence electrons. The highest BCUT2D eigenvalue weighted by Crippen LogP contribution is 2.39. The van der Waals surface area contributed by atoms with E-state index in [1.165, 1.54) is 21.9 Å². The van der Waals surface area contributed by atoms with Crippen molar-refractivity contribution in [2.45, 2.75) is 31.1 Å². The number of hydrogen-bond acceptors (Lipinski definition) is 4. The average Bonchev–Trinajstić information content (AvgIpc) is 3.13. The van der Waals surface area contributed by atoms with Crippen LogP contribution in [-0.2, 0) is 22.3 Å². The Bertz CT molecular complexity index is 1150. The van der Waals surface area contributed by atoms with Gasteiger partial charge in [0, 0.05) is 39.4 Å². The summed E-state index contributed by atoms with van der Waals surface area (Å²) in [5.74, 6) is -0.654. The summed E-state index contributed by atoms with van der Waals surface area (Å²) in [6.45, 7) is 0.702. The monoisotopic (exact) mass is 517 g/mol. The van der Waals surface area contributed by atoms with E-state index in [4.69, 9.17) is 0 Å². The Labute approximate surface area is 213 Å². The third-order valence-corrected chi connectivity index (χ3v) is 6.90. The number of amides is 4. The lowest BCUT2D eigenvalue weighted by Gasteiger charge is -2.43. The van der Waals surface area contributed by atoms with E-state index in [1.807, 2.05) is 35.2 Å². The zero-order valence-electron chi connectivity index (χ0n) is 20.8. The molecular weight excluding hydrogens is 487 g/mol. The molecule has 37 heavy (non-hydrogen) atoms.